The molecule has 0 aliphatic heterocycles. The van der Waals surface area contributed by atoms with Gasteiger partial charge in [-0.15, -0.1) is 0 Å². The highest BCUT2D eigenvalue weighted by Crippen LogP contribution is 2.48. The summed E-state index contributed by atoms with van der Waals surface area (Å²) in [6, 6.07) is 12.1. The molecule has 1 saturated carbocycles. The third-order valence-corrected chi connectivity index (χ3v) is 6.87. The van der Waals surface area contributed by atoms with Crippen molar-refractivity contribution in [2.24, 2.45) is 5.92 Å². The molecule has 0 unspecified atom stereocenters. The molecule has 0 bridgehead atoms. The van der Waals surface area contributed by atoms with Gasteiger partial charge in [0.25, 0.3) is 5.91 Å². The highest BCUT2D eigenvalue weighted by molar-refractivity contribution is 6.29. The van der Waals surface area contributed by atoms with E-state index in [-0.39, 0.29) is 35.5 Å². The van der Waals surface area contributed by atoms with Crippen molar-refractivity contribution in [1.29, 1.82) is 0 Å². The molecule has 190 valence electrons. The van der Waals surface area contributed by atoms with Crippen molar-refractivity contribution in [3.63, 3.8) is 0 Å². The van der Waals surface area contributed by atoms with Gasteiger partial charge in [-0.2, -0.15) is 4.39 Å². The lowest BCUT2D eigenvalue weighted by Gasteiger charge is -2.20. The number of nitrogens with zero attached hydrogens (tertiary/aromatic N) is 2. The summed E-state index contributed by atoms with van der Waals surface area (Å²) in [5, 5.41) is 12.3. The Bertz CT molecular complexity index is 1270. The summed E-state index contributed by atoms with van der Waals surface area (Å²) in [6.07, 6.45) is 1.94. The average Bonchev–Trinajstić information content (AvgIpc) is 3.52. The molecule has 1 aliphatic rings. The van der Waals surface area contributed by atoms with Gasteiger partial charge in [-0.25, -0.2) is 4.98 Å². The Kier molecular flexibility index (Phi) is 7.64. The molecule has 2 N–H and O–H groups in total. The van der Waals surface area contributed by atoms with Crippen LogP contribution in [-0.2, 0) is 11.2 Å². The molecule has 3 atom stereocenters. The summed E-state index contributed by atoms with van der Waals surface area (Å²) >= 11 is 5.79. The molecule has 1 fully saturated rings. The molecule has 0 saturated heterocycles. The Morgan fingerprint density at radius 3 is 2.72 bits per heavy atom. The molecular weight excluding hydrogens is 485 g/mol. The number of amides is 1. The predicted molar refractivity (Wildman–Crippen MR) is 135 cm³/mol. The fraction of sp³-hybridized carbons (Fsp3) is 0.370. The zero-order valence-corrected chi connectivity index (χ0v) is 21.2. The molecule has 7 nitrogen and oxygen atoms in total. The van der Waals surface area contributed by atoms with E-state index in [1.54, 1.807) is 6.07 Å². The number of aromatic nitrogens is 2. The van der Waals surface area contributed by atoms with Gasteiger partial charge < -0.3 is 19.7 Å². The Morgan fingerprint density at radius 1 is 1.28 bits per heavy atom. The summed E-state index contributed by atoms with van der Waals surface area (Å²) in [4.78, 5) is 28.1. The fourth-order valence-electron chi connectivity index (χ4n) is 4.41. The lowest BCUT2D eigenvalue weighted by atomic mass is 10.0. The van der Waals surface area contributed by atoms with E-state index in [1.165, 1.54) is 12.1 Å². The third kappa shape index (κ3) is 5.70. The number of anilines is 1. The van der Waals surface area contributed by atoms with Crippen LogP contribution < -0.4 is 10.1 Å². The van der Waals surface area contributed by atoms with Crippen LogP contribution in [0.25, 0.3) is 0 Å². The SMILES string of the molecule is CC[C@H](C)n1c(CCOc2cc(F)nc(Cl)c2)ccc1C(=O)Nc1cc([C@H]2C[C@H]2C(=O)O)ccc1C. The Morgan fingerprint density at radius 2 is 2.06 bits per heavy atom. The van der Waals surface area contributed by atoms with Crippen LogP contribution in [0.2, 0.25) is 5.15 Å². The number of nitrogens with one attached hydrogen (secondary N) is 1. The van der Waals surface area contributed by atoms with Crippen molar-refractivity contribution in [3.8, 4) is 5.75 Å². The Balaban J connectivity index is 1.50. The highest BCUT2D eigenvalue weighted by atomic mass is 35.5. The van der Waals surface area contributed by atoms with E-state index in [1.807, 2.05) is 42.7 Å². The number of carboxylic acid groups (broad SMARTS) is 1. The highest BCUT2D eigenvalue weighted by Gasteiger charge is 2.44. The van der Waals surface area contributed by atoms with Crippen LogP contribution in [-0.4, -0.2) is 33.1 Å². The largest absolute Gasteiger partial charge is 0.493 e. The maximum atomic E-state index is 13.5. The van der Waals surface area contributed by atoms with Gasteiger partial charge in [-0.3, -0.25) is 9.59 Å². The molecule has 1 aromatic carbocycles. The molecular formula is C27H29ClFN3O4. The monoisotopic (exact) mass is 513 g/mol. The van der Waals surface area contributed by atoms with Crippen LogP contribution in [0.5, 0.6) is 5.75 Å². The van der Waals surface area contributed by atoms with E-state index in [4.69, 9.17) is 16.3 Å². The number of carbonyl (C=O) groups is 2. The van der Waals surface area contributed by atoms with Crippen LogP contribution in [0, 0.1) is 18.8 Å². The number of carbonyl (C=O) groups excluding carboxylic acids is 1. The minimum Gasteiger partial charge on any atom is -0.493 e. The summed E-state index contributed by atoms with van der Waals surface area (Å²) in [5.74, 6) is -1.81. The number of ether oxygens (including phenoxy) is 1. The standard InChI is InChI=1S/C27H29ClFN3O4/c1-4-16(3)32-18(9-10-36-19-12-24(28)31-25(29)13-19)7-8-23(32)26(33)30-22-11-17(6-5-15(22)2)20-14-21(20)27(34)35/h5-8,11-13,16,20-21H,4,9-10,14H2,1-3H3,(H,30,33)(H,34,35)/t16-,20+,21+/m0/s1. The maximum Gasteiger partial charge on any atom is 0.307 e. The van der Waals surface area contributed by atoms with Gasteiger partial charge in [-0.1, -0.05) is 30.7 Å². The second-order valence-electron chi connectivity index (χ2n) is 9.20. The summed E-state index contributed by atoms with van der Waals surface area (Å²) in [7, 11) is 0. The summed E-state index contributed by atoms with van der Waals surface area (Å²) < 4.78 is 21.1. The van der Waals surface area contributed by atoms with Gasteiger partial charge in [-0.05, 0) is 61.9 Å². The molecule has 0 radical (unpaired) electrons. The molecule has 1 aliphatic carbocycles. The molecule has 36 heavy (non-hydrogen) atoms. The van der Waals surface area contributed by atoms with Gasteiger partial charge in [0.05, 0.1) is 12.5 Å². The summed E-state index contributed by atoms with van der Waals surface area (Å²) in [5.41, 5.74) is 3.94. The number of pyridine rings is 1. The fourth-order valence-corrected chi connectivity index (χ4v) is 4.60. The number of hydrogen-bond donors (Lipinski definition) is 2. The lowest BCUT2D eigenvalue weighted by molar-refractivity contribution is -0.138. The van der Waals surface area contributed by atoms with Gasteiger partial charge >= 0.3 is 5.97 Å². The lowest BCUT2D eigenvalue weighted by Crippen LogP contribution is -2.21. The second kappa shape index (κ2) is 10.7. The molecule has 9 heteroatoms. The maximum absolute atomic E-state index is 13.5. The van der Waals surface area contributed by atoms with E-state index in [0.717, 1.165) is 23.2 Å². The number of aliphatic carboxylic acids is 1. The minimum absolute atomic E-state index is 0.0157. The molecule has 2 aromatic heterocycles. The van der Waals surface area contributed by atoms with Crippen molar-refractivity contribution < 1.29 is 23.8 Å². The first-order valence-corrected chi connectivity index (χ1v) is 12.4. The first-order valence-electron chi connectivity index (χ1n) is 12.0. The van der Waals surface area contributed by atoms with Crippen LogP contribution >= 0.6 is 11.6 Å². The van der Waals surface area contributed by atoms with Crippen LogP contribution in [0.1, 0.15) is 66.0 Å². The molecule has 2 heterocycles. The number of hydrogen-bond acceptors (Lipinski definition) is 4. The van der Waals surface area contributed by atoms with Crippen molar-refractivity contribution in [2.75, 3.05) is 11.9 Å². The van der Waals surface area contributed by atoms with E-state index in [2.05, 4.69) is 17.2 Å². The number of halogens is 2. The third-order valence-electron chi connectivity index (χ3n) is 6.68. The first-order chi connectivity index (χ1) is 17.2. The van der Waals surface area contributed by atoms with Gasteiger partial charge in [0.2, 0.25) is 5.95 Å². The quantitative estimate of drug-likeness (QED) is 0.323. The smallest absolute Gasteiger partial charge is 0.307 e. The van der Waals surface area contributed by atoms with Crippen molar-refractivity contribution in [2.45, 2.75) is 52.0 Å². The van der Waals surface area contributed by atoms with Crippen molar-refractivity contribution in [1.82, 2.24) is 9.55 Å². The van der Waals surface area contributed by atoms with E-state index >= 15 is 0 Å². The Hall–Kier alpha value is -3.39. The number of rotatable bonds is 10. The molecule has 0 spiro atoms. The van der Waals surface area contributed by atoms with Crippen LogP contribution in [0.15, 0.2) is 42.5 Å². The van der Waals surface area contributed by atoms with Gasteiger partial charge in [0.15, 0.2) is 0 Å². The molecule has 1 amide bonds. The van der Waals surface area contributed by atoms with Crippen molar-refractivity contribution in [3.05, 3.63) is 76.1 Å². The summed E-state index contributed by atoms with van der Waals surface area (Å²) in [6.45, 7) is 6.28. The van der Waals surface area contributed by atoms with E-state index in [0.29, 0.717) is 30.0 Å². The first kappa shape index (κ1) is 25.7. The average molecular weight is 514 g/mol. The number of carboxylic acids is 1. The van der Waals surface area contributed by atoms with E-state index < -0.39 is 11.9 Å². The van der Waals surface area contributed by atoms with Crippen molar-refractivity contribution >= 4 is 29.2 Å². The van der Waals surface area contributed by atoms with Gasteiger partial charge in [0, 0.05) is 36.0 Å². The zero-order chi connectivity index (χ0) is 26.0. The number of aryl methyl sites for hydroxylation is 1. The predicted octanol–water partition coefficient (Wildman–Crippen LogP) is 6.02. The number of benzene rings is 1. The Labute approximate surface area is 214 Å². The van der Waals surface area contributed by atoms with Gasteiger partial charge in [0.1, 0.15) is 16.6 Å². The zero-order valence-electron chi connectivity index (χ0n) is 20.4. The normalized spacial score (nSPS) is 17.5. The molecule has 3 aromatic rings. The van der Waals surface area contributed by atoms with Crippen LogP contribution in [0.4, 0.5) is 10.1 Å². The topological polar surface area (TPSA) is 93.5 Å². The second-order valence-corrected chi connectivity index (χ2v) is 9.59. The van der Waals surface area contributed by atoms with E-state index in [9.17, 15) is 19.1 Å². The van der Waals surface area contributed by atoms with Crippen LogP contribution in [0.3, 0.4) is 0 Å². The minimum atomic E-state index is -0.786. The molecule has 4 rings (SSSR count).